The number of nitrogens with two attached hydrogens (primary N) is 1. The Morgan fingerprint density at radius 3 is 2.52 bits per heavy atom. The van der Waals surface area contributed by atoms with E-state index in [4.69, 9.17) is 28.9 Å². The first-order valence-corrected chi connectivity index (χ1v) is 7.24. The number of anilines is 1. The number of amides is 3. The molecule has 1 atom stereocenters. The van der Waals surface area contributed by atoms with E-state index in [1.807, 2.05) is 0 Å². The molecule has 23 heavy (non-hydrogen) atoms. The lowest BCUT2D eigenvalue weighted by Crippen LogP contribution is -2.40. The number of carbonyl (C=O) groups is 3. The van der Waals surface area contributed by atoms with Crippen molar-refractivity contribution in [3.8, 4) is 0 Å². The van der Waals surface area contributed by atoms with Gasteiger partial charge in [-0.2, -0.15) is 0 Å². The van der Waals surface area contributed by atoms with Crippen molar-refractivity contribution in [2.24, 2.45) is 5.73 Å². The summed E-state index contributed by atoms with van der Waals surface area (Å²) < 4.78 is 0. The average Bonchev–Trinajstić information content (AvgIpc) is 2.78. The van der Waals surface area contributed by atoms with Gasteiger partial charge in [-0.05, 0) is 35.9 Å². The Kier molecular flexibility index (Phi) is 3.79. The van der Waals surface area contributed by atoms with Crippen LogP contribution in [0.2, 0.25) is 10.2 Å². The van der Waals surface area contributed by atoms with E-state index in [1.165, 1.54) is 36.5 Å². The first kappa shape index (κ1) is 15.5. The number of Topliss-reactive ketones (excluding diaryl/α,β-unsaturated/α-hetero) is 1. The number of hydrogen-bond donors (Lipinski definition) is 1. The average molecular weight is 350 g/mol. The lowest BCUT2D eigenvalue weighted by atomic mass is 9.92. The molecule has 0 radical (unpaired) electrons. The van der Waals surface area contributed by atoms with E-state index < -0.39 is 23.6 Å². The number of benzene rings is 1. The SMILES string of the molecule is NC(=O)N1C(=O)C(C(=O)c2ccc(Cl)nc2)c2cc(Cl)ccc21. The molecule has 2 N–H and O–H groups in total. The molecule has 116 valence electrons. The molecule has 0 bridgehead atoms. The van der Waals surface area contributed by atoms with Gasteiger partial charge in [0.05, 0.1) is 5.69 Å². The largest absolute Gasteiger partial charge is 0.351 e. The van der Waals surface area contributed by atoms with Crippen molar-refractivity contribution < 1.29 is 14.4 Å². The van der Waals surface area contributed by atoms with Crippen LogP contribution in [-0.2, 0) is 4.79 Å². The van der Waals surface area contributed by atoms with Crippen LogP contribution in [0.15, 0.2) is 36.5 Å². The molecule has 0 saturated heterocycles. The summed E-state index contributed by atoms with van der Waals surface area (Å²) in [6, 6.07) is 6.42. The lowest BCUT2D eigenvalue weighted by Gasteiger charge is -2.12. The van der Waals surface area contributed by atoms with Crippen molar-refractivity contribution in [2.75, 3.05) is 4.90 Å². The lowest BCUT2D eigenvalue weighted by molar-refractivity contribution is -0.117. The van der Waals surface area contributed by atoms with E-state index >= 15 is 0 Å². The fourth-order valence-corrected chi connectivity index (χ4v) is 2.80. The van der Waals surface area contributed by atoms with Crippen molar-refractivity contribution in [2.45, 2.75) is 5.92 Å². The molecule has 6 nitrogen and oxygen atoms in total. The highest BCUT2D eigenvalue weighted by atomic mass is 35.5. The summed E-state index contributed by atoms with van der Waals surface area (Å²) in [7, 11) is 0. The minimum absolute atomic E-state index is 0.199. The van der Waals surface area contributed by atoms with Crippen LogP contribution in [0.5, 0.6) is 0 Å². The van der Waals surface area contributed by atoms with Gasteiger partial charge in [0, 0.05) is 16.8 Å². The summed E-state index contributed by atoms with van der Waals surface area (Å²) in [5.74, 6) is -2.42. The van der Waals surface area contributed by atoms with Gasteiger partial charge < -0.3 is 5.73 Å². The number of ketones is 1. The number of hydrogen-bond acceptors (Lipinski definition) is 4. The van der Waals surface area contributed by atoms with Crippen LogP contribution in [0.4, 0.5) is 10.5 Å². The molecule has 3 amide bonds. The van der Waals surface area contributed by atoms with Crippen molar-refractivity contribution in [1.29, 1.82) is 0 Å². The second-order valence-corrected chi connectivity index (χ2v) is 5.71. The van der Waals surface area contributed by atoms with Gasteiger partial charge in [0.1, 0.15) is 11.1 Å². The summed E-state index contributed by atoms with van der Waals surface area (Å²) in [6.45, 7) is 0. The van der Waals surface area contributed by atoms with Crippen molar-refractivity contribution in [3.63, 3.8) is 0 Å². The highest BCUT2D eigenvalue weighted by molar-refractivity contribution is 6.33. The van der Waals surface area contributed by atoms with E-state index in [9.17, 15) is 14.4 Å². The third-order valence-electron chi connectivity index (χ3n) is 3.50. The Morgan fingerprint density at radius 1 is 1.17 bits per heavy atom. The highest BCUT2D eigenvalue weighted by Crippen LogP contribution is 2.40. The van der Waals surface area contributed by atoms with E-state index in [1.54, 1.807) is 0 Å². The van der Waals surface area contributed by atoms with E-state index in [2.05, 4.69) is 4.98 Å². The molecule has 0 fully saturated rings. The Morgan fingerprint density at radius 2 is 1.91 bits per heavy atom. The van der Waals surface area contributed by atoms with Crippen molar-refractivity contribution >= 4 is 46.6 Å². The van der Waals surface area contributed by atoms with Gasteiger partial charge in [-0.3, -0.25) is 9.59 Å². The number of nitrogens with zero attached hydrogens (tertiary/aromatic N) is 2. The van der Waals surface area contributed by atoms with Crippen molar-refractivity contribution in [1.82, 2.24) is 4.98 Å². The molecule has 1 aromatic heterocycles. The summed E-state index contributed by atoms with van der Waals surface area (Å²) in [5.41, 5.74) is 6.04. The molecule has 1 aliphatic heterocycles. The Hall–Kier alpha value is -2.44. The molecule has 0 spiro atoms. The quantitative estimate of drug-likeness (QED) is 0.512. The molecule has 8 heteroatoms. The molecule has 2 heterocycles. The third kappa shape index (κ3) is 2.56. The monoisotopic (exact) mass is 349 g/mol. The second kappa shape index (κ2) is 5.64. The van der Waals surface area contributed by atoms with Crippen LogP contribution in [0.25, 0.3) is 0 Å². The van der Waals surface area contributed by atoms with Crippen LogP contribution < -0.4 is 10.6 Å². The van der Waals surface area contributed by atoms with Crippen LogP contribution in [0, 0.1) is 0 Å². The molecule has 1 unspecified atom stereocenters. The van der Waals surface area contributed by atoms with Crippen LogP contribution >= 0.6 is 23.2 Å². The number of imide groups is 1. The zero-order chi connectivity index (χ0) is 16.7. The molecular weight excluding hydrogens is 341 g/mol. The second-order valence-electron chi connectivity index (χ2n) is 4.88. The van der Waals surface area contributed by atoms with Gasteiger partial charge in [0.15, 0.2) is 5.78 Å². The molecule has 1 aliphatic rings. The normalized spacial score (nSPS) is 16.3. The maximum absolute atomic E-state index is 12.7. The number of fused-ring (bicyclic) bond motifs is 1. The fraction of sp³-hybridized carbons (Fsp3) is 0.0667. The minimum Gasteiger partial charge on any atom is -0.351 e. The minimum atomic E-state index is -1.20. The maximum Gasteiger partial charge on any atom is 0.326 e. The standard InChI is InChI=1S/C15H9Cl2N3O3/c16-8-2-3-10-9(5-8)12(14(22)20(10)15(18)23)13(21)7-1-4-11(17)19-6-7/h1-6,12H,(H2,18,23). The predicted octanol–water partition coefficient (Wildman–Crippen LogP) is 2.78. The predicted molar refractivity (Wildman–Crippen MR) is 84.8 cm³/mol. The summed E-state index contributed by atoms with van der Waals surface area (Å²) >= 11 is 11.6. The summed E-state index contributed by atoms with van der Waals surface area (Å²) in [4.78, 5) is 41.4. The fourth-order valence-electron chi connectivity index (χ4n) is 2.51. The third-order valence-corrected chi connectivity index (χ3v) is 3.96. The first-order chi connectivity index (χ1) is 10.9. The number of rotatable bonds is 2. The van der Waals surface area contributed by atoms with Gasteiger partial charge in [-0.15, -0.1) is 0 Å². The van der Waals surface area contributed by atoms with Crippen LogP contribution in [-0.4, -0.2) is 22.7 Å². The van der Waals surface area contributed by atoms with Gasteiger partial charge in [-0.25, -0.2) is 14.7 Å². The number of pyridine rings is 1. The molecule has 2 aromatic rings. The smallest absolute Gasteiger partial charge is 0.326 e. The zero-order valence-electron chi connectivity index (χ0n) is 11.5. The first-order valence-electron chi connectivity index (χ1n) is 6.49. The number of urea groups is 1. The Labute approximate surface area is 140 Å². The van der Waals surface area contributed by atoms with E-state index in [0.717, 1.165) is 4.90 Å². The topological polar surface area (TPSA) is 93.4 Å². The van der Waals surface area contributed by atoms with E-state index in [0.29, 0.717) is 10.6 Å². The van der Waals surface area contributed by atoms with Gasteiger partial charge in [0.25, 0.3) is 5.91 Å². The van der Waals surface area contributed by atoms with Crippen LogP contribution in [0.3, 0.4) is 0 Å². The number of primary amides is 1. The molecule has 1 aromatic carbocycles. The number of carbonyl (C=O) groups excluding carboxylic acids is 3. The number of halogens is 2. The molecular formula is C15H9Cl2N3O3. The number of aromatic nitrogens is 1. The molecule has 3 rings (SSSR count). The Bertz CT molecular complexity index is 836. The van der Waals surface area contributed by atoms with Gasteiger partial charge in [-0.1, -0.05) is 23.2 Å². The van der Waals surface area contributed by atoms with Gasteiger partial charge >= 0.3 is 6.03 Å². The van der Waals surface area contributed by atoms with Gasteiger partial charge in [0.2, 0.25) is 0 Å². The van der Waals surface area contributed by atoms with Crippen LogP contribution in [0.1, 0.15) is 21.8 Å². The Balaban J connectivity index is 2.11. The zero-order valence-corrected chi connectivity index (χ0v) is 13.0. The van der Waals surface area contributed by atoms with E-state index in [-0.39, 0.29) is 16.4 Å². The molecule has 0 saturated carbocycles. The summed E-state index contributed by atoms with van der Waals surface area (Å²) in [6.07, 6.45) is 1.27. The maximum atomic E-state index is 12.7. The highest BCUT2D eigenvalue weighted by Gasteiger charge is 2.44. The summed E-state index contributed by atoms with van der Waals surface area (Å²) in [5, 5.41) is 0.566. The molecule has 0 aliphatic carbocycles. The van der Waals surface area contributed by atoms with Crippen molar-refractivity contribution in [3.05, 3.63) is 57.8 Å².